The molecular weight excluding hydrogens is 390 g/mol. The van der Waals surface area contributed by atoms with Crippen LogP contribution < -0.4 is 5.56 Å². The van der Waals surface area contributed by atoms with Gasteiger partial charge in [-0.2, -0.15) is 0 Å². The van der Waals surface area contributed by atoms with Gasteiger partial charge in [0.25, 0.3) is 5.56 Å². The second-order valence-corrected chi connectivity index (χ2v) is 7.69. The van der Waals surface area contributed by atoms with Crippen LogP contribution in [0.15, 0.2) is 71.7 Å². The smallest absolute Gasteiger partial charge is 0.335 e. The summed E-state index contributed by atoms with van der Waals surface area (Å²) in [4.78, 5) is 29.3. The van der Waals surface area contributed by atoms with E-state index in [1.165, 1.54) is 0 Å². The summed E-state index contributed by atoms with van der Waals surface area (Å²) in [5.74, 6) is -0.0687. The Morgan fingerprint density at radius 2 is 1.68 bits per heavy atom. The fraction of sp³-hybridized carbons (Fsp3) is 0.240. The molecule has 4 aromatic rings. The number of aryl methyl sites for hydroxylation is 1. The van der Waals surface area contributed by atoms with Gasteiger partial charge in [-0.3, -0.25) is 4.79 Å². The monoisotopic (exact) mass is 415 g/mol. The lowest BCUT2D eigenvalue weighted by Crippen LogP contribution is -2.22. The zero-order valence-electron chi connectivity index (χ0n) is 17.5. The maximum absolute atomic E-state index is 13.4. The van der Waals surface area contributed by atoms with Crippen molar-refractivity contribution >= 4 is 17.0 Å². The molecule has 0 amide bonds. The highest BCUT2D eigenvalue weighted by Gasteiger charge is 2.16. The lowest BCUT2D eigenvalue weighted by atomic mass is 10.1. The van der Waals surface area contributed by atoms with E-state index in [0.29, 0.717) is 24.1 Å². The second-order valence-electron chi connectivity index (χ2n) is 7.69. The Morgan fingerprint density at radius 3 is 2.35 bits per heavy atom. The zero-order valence-corrected chi connectivity index (χ0v) is 17.5. The number of unbranched alkanes of at least 4 members (excludes halogenated alkanes) is 1. The zero-order chi connectivity index (χ0) is 21.8. The van der Waals surface area contributed by atoms with Gasteiger partial charge < -0.3 is 14.2 Å². The summed E-state index contributed by atoms with van der Waals surface area (Å²) in [5.41, 5.74) is 3.45. The molecule has 2 heterocycles. The van der Waals surface area contributed by atoms with Crippen molar-refractivity contribution < 1.29 is 9.90 Å². The molecule has 0 saturated carbocycles. The molecule has 2 aromatic carbocycles. The first-order valence-corrected chi connectivity index (χ1v) is 10.5. The predicted molar refractivity (Wildman–Crippen MR) is 121 cm³/mol. The van der Waals surface area contributed by atoms with Gasteiger partial charge in [-0.05, 0) is 35.7 Å². The van der Waals surface area contributed by atoms with Gasteiger partial charge in [0.05, 0.1) is 17.6 Å². The SMILES string of the molecule is CCCCc1nc2ccn(Cc3ccccc3)c(=O)c2n1Cc1ccc(C(=O)O)cc1. The van der Waals surface area contributed by atoms with Crippen LogP contribution in [0.4, 0.5) is 0 Å². The Labute approximate surface area is 180 Å². The Bertz CT molecular complexity index is 1260. The molecule has 31 heavy (non-hydrogen) atoms. The lowest BCUT2D eigenvalue weighted by Gasteiger charge is -2.11. The van der Waals surface area contributed by atoms with Crippen LogP contribution in [-0.2, 0) is 19.5 Å². The Hall–Kier alpha value is -3.67. The first-order chi connectivity index (χ1) is 15.1. The molecular formula is C25H25N3O3. The van der Waals surface area contributed by atoms with Crippen molar-refractivity contribution in [2.75, 3.05) is 0 Å². The van der Waals surface area contributed by atoms with Gasteiger partial charge >= 0.3 is 5.97 Å². The van der Waals surface area contributed by atoms with Gasteiger partial charge in [-0.25, -0.2) is 9.78 Å². The second kappa shape index (κ2) is 9.00. The maximum atomic E-state index is 13.4. The van der Waals surface area contributed by atoms with Crippen molar-refractivity contribution in [2.24, 2.45) is 0 Å². The van der Waals surface area contributed by atoms with Crippen LogP contribution in [-0.4, -0.2) is 25.2 Å². The third-order valence-electron chi connectivity index (χ3n) is 5.44. The van der Waals surface area contributed by atoms with E-state index < -0.39 is 5.97 Å². The molecule has 2 aromatic heterocycles. The van der Waals surface area contributed by atoms with E-state index in [0.717, 1.165) is 36.2 Å². The summed E-state index contributed by atoms with van der Waals surface area (Å²) in [7, 11) is 0. The van der Waals surface area contributed by atoms with E-state index in [1.54, 1.807) is 35.0 Å². The summed E-state index contributed by atoms with van der Waals surface area (Å²) in [5, 5.41) is 9.14. The molecule has 1 N–H and O–H groups in total. The Kier molecular flexibility index (Phi) is 5.98. The summed E-state index contributed by atoms with van der Waals surface area (Å²) >= 11 is 0. The molecule has 0 unspecified atom stereocenters. The van der Waals surface area contributed by atoms with Crippen LogP contribution in [0, 0.1) is 0 Å². The highest BCUT2D eigenvalue weighted by Crippen LogP contribution is 2.18. The summed E-state index contributed by atoms with van der Waals surface area (Å²) < 4.78 is 3.71. The number of rotatable bonds is 8. The Morgan fingerprint density at radius 1 is 0.968 bits per heavy atom. The summed E-state index contributed by atoms with van der Waals surface area (Å²) in [6.45, 7) is 3.10. The van der Waals surface area contributed by atoms with Gasteiger partial charge in [-0.1, -0.05) is 55.8 Å². The molecule has 6 heteroatoms. The lowest BCUT2D eigenvalue weighted by molar-refractivity contribution is 0.0697. The number of hydrogen-bond acceptors (Lipinski definition) is 3. The van der Waals surface area contributed by atoms with Gasteiger partial charge in [-0.15, -0.1) is 0 Å². The van der Waals surface area contributed by atoms with E-state index in [9.17, 15) is 9.59 Å². The minimum atomic E-state index is -0.952. The molecule has 0 saturated heterocycles. The fourth-order valence-corrected chi connectivity index (χ4v) is 3.76. The predicted octanol–water partition coefficient (Wildman–Crippen LogP) is 4.34. The van der Waals surface area contributed by atoms with Gasteiger partial charge in [0.1, 0.15) is 11.3 Å². The summed E-state index contributed by atoms with van der Waals surface area (Å²) in [6, 6.07) is 18.6. The number of hydrogen-bond donors (Lipinski definition) is 1. The number of fused-ring (bicyclic) bond motifs is 1. The normalized spacial score (nSPS) is 11.1. The van der Waals surface area contributed by atoms with Crippen molar-refractivity contribution in [3.05, 3.63) is 99.7 Å². The van der Waals surface area contributed by atoms with Crippen molar-refractivity contribution in [1.29, 1.82) is 0 Å². The quantitative estimate of drug-likeness (QED) is 0.465. The fourth-order valence-electron chi connectivity index (χ4n) is 3.76. The third kappa shape index (κ3) is 4.43. The number of aromatic nitrogens is 3. The number of nitrogens with zero attached hydrogens (tertiary/aromatic N) is 3. The minimum Gasteiger partial charge on any atom is -0.478 e. The largest absolute Gasteiger partial charge is 0.478 e. The standard InChI is InChI=1S/C25H25N3O3/c1-2-3-9-22-26-21-14-15-27(16-18-7-5-4-6-8-18)24(29)23(21)28(22)17-19-10-12-20(13-11-19)25(30)31/h4-8,10-15H,2-3,9,16-17H2,1H3,(H,30,31). The molecule has 0 bridgehead atoms. The summed E-state index contributed by atoms with van der Waals surface area (Å²) in [6.07, 6.45) is 4.62. The topological polar surface area (TPSA) is 77.1 Å². The maximum Gasteiger partial charge on any atom is 0.335 e. The number of pyridine rings is 1. The van der Waals surface area contributed by atoms with Crippen molar-refractivity contribution in [1.82, 2.24) is 14.1 Å². The molecule has 0 aliphatic rings. The first kappa shape index (κ1) is 20.6. The van der Waals surface area contributed by atoms with Crippen LogP contribution in [0.1, 0.15) is 47.1 Å². The average Bonchev–Trinajstić information content (AvgIpc) is 3.13. The van der Waals surface area contributed by atoms with Crippen LogP contribution in [0.25, 0.3) is 11.0 Å². The molecule has 6 nitrogen and oxygen atoms in total. The highest BCUT2D eigenvalue weighted by atomic mass is 16.4. The average molecular weight is 415 g/mol. The van der Waals surface area contributed by atoms with Gasteiger partial charge in [0, 0.05) is 19.2 Å². The third-order valence-corrected chi connectivity index (χ3v) is 5.44. The molecule has 0 fully saturated rings. The molecule has 0 aliphatic heterocycles. The van der Waals surface area contributed by atoms with Gasteiger partial charge in [0.15, 0.2) is 0 Å². The van der Waals surface area contributed by atoms with Crippen LogP contribution in [0.2, 0.25) is 0 Å². The molecule has 0 aliphatic carbocycles. The molecule has 0 atom stereocenters. The van der Waals surface area contributed by atoms with E-state index in [-0.39, 0.29) is 11.1 Å². The Balaban J connectivity index is 1.77. The van der Waals surface area contributed by atoms with Gasteiger partial charge in [0.2, 0.25) is 0 Å². The highest BCUT2D eigenvalue weighted by molar-refractivity contribution is 5.87. The number of carbonyl (C=O) groups is 1. The number of carboxylic acids is 1. The molecule has 4 rings (SSSR count). The first-order valence-electron chi connectivity index (χ1n) is 10.5. The van der Waals surface area contributed by atoms with Crippen LogP contribution >= 0.6 is 0 Å². The van der Waals surface area contributed by atoms with Crippen molar-refractivity contribution in [3.8, 4) is 0 Å². The van der Waals surface area contributed by atoms with E-state index >= 15 is 0 Å². The van der Waals surface area contributed by atoms with E-state index in [4.69, 9.17) is 10.1 Å². The number of carboxylic acid groups (broad SMARTS) is 1. The van der Waals surface area contributed by atoms with Crippen LogP contribution in [0.3, 0.4) is 0 Å². The van der Waals surface area contributed by atoms with E-state index in [2.05, 4.69) is 6.92 Å². The molecule has 0 radical (unpaired) electrons. The molecule has 0 spiro atoms. The van der Waals surface area contributed by atoms with Crippen molar-refractivity contribution in [2.45, 2.75) is 39.3 Å². The van der Waals surface area contributed by atoms with E-state index in [1.807, 2.05) is 41.0 Å². The minimum absolute atomic E-state index is 0.0706. The number of aromatic carboxylic acids is 1. The number of imidazole rings is 1. The number of benzene rings is 2. The van der Waals surface area contributed by atoms with Crippen LogP contribution in [0.5, 0.6) is 0 Å². The van der Waals surface area contributed by atoms with Crippen molar-refractivity contribution in [3.63, 3.8) is 0 Å². The molecule has 158 valence electrons.